The number of aliphatic hydroxyl groups is 1. The summed E-state index contributed by atoms with van der Waals surface area (Å²) in [5.41, 5.74) is 2.34. The summed E-state index contributed by atoms with van der Waals surface area (Å²) in [5.74, 6) is 1.63. The van der Waals surface area contributed by atoms with E-state index >= 15 is 0 Å². The Bertz CT molecular complexity index is 688. The summed E-state index contributed by atoms with van der Waals surface area (Å²) in [6, 6.07) is 9.96. The zero-order chi connectivity index (χ0) is 15.6. The molecular formula is C17H20N4O2. The maximum absolute atomic E-state index is 10.4. The predicted octanol–water partition coefficient (Wildman–Crippen LogP) is 1.38. The second-order valence-electron chi connectivity index (χ2n) is 5.95. The van der Waals surface area contributed by atoms with Crippen LogP contribution in [-0.4, -0.2) is 47.5 Å². The first-order valence-electron chi connectivity index (χ1n) is 7.98. The van der Waals surface area contributed by atoms with E-state index in [1.807, 2.05) is 18.2 Å². The van der Waals surface area contributed by atoms with Gasteiger partial charge >= 0.3 is 0 Å². The first kappa shape index (κ1) is 14.4. The lowest BCUT2D eigenvalue weighted by Crippen LogP contribution is -2.36. The van der Waals surface area contributed by atoms with Crippen LogP contribution in [0.15, 0.2) is 36.7 Å². The number of aliphatic hydroxyl groups excluding tert-OH is 1. The minimum atomic E-state index is -0.436. The van der Waals surface area contributed by atoms with E-state index in [4.69, 9.17) is 4.74 Å². The van der Waals surface area contributed by atoms with Gasteiger partial charge in [-0.25, -0.2) is 9.97 Å². The molecule has 0 unspecified atom stereocenters. The van der Waals surface area contributed by atoms with Gasteiger partial charge in [-0.15, -0.1) is 0 Å². The van der Waals surface area contributed by atoms with Crippen LogP contribution >= 0.6 is 0 Å². The number of morpholine rings is 1. The van der Waals surface area contributed by atoms with E-state index in [1.54, 1.807) is 6.33 Å². The summed E-state index contributed by atoms with van der Waals surface area (Å²) < 4.78 is 5.38. The summed E-state index contributed by atoms with van der Waals surface area (Å²) in [4.78, 5) is 10.9. The maximum Gasteiger partial charge on any atom is 0.134 e. The molecule has 6 nitrogen and oxygen atoms in total. The lowest BCUT2D eigenvalue weighted by molar-refractivity contribution is 0.122. The smallest absolute Gasteiger partial charge is 0.134 e. The van der Waals surface area contributed by atoms with Crippen molar-refractivity contribution >= 4 is 11.6 Å². The largest absolute Gasteiger partial charge is 0.390 e. The molecule has 1 aliphatic heterocycles. The van der Waals surface area contributed by atoms with Crippen molar-refractivity contribution in [2.75, 3.05) is 36.5 Å². The highest BCUT2D eigenvalue weighted by molar-refractivity contribution is 5.51. The molecule has 0 bridgehead atoms. The van der Waals surface area contributed by atoms with E-state index in [0.717, 1.165) is 43.5 Å². The van der Waals surface area contributed by atoms with Crippen LogP contribution in [-0.2, 0) is 11.2 Å². The van der Waals surface area contributed by atoms with Gasteiger partial charge in [0.05, 0.1) is 25.4 Å². The van der Waals surface area contributed by atoms with Crippen molar-refractivity contribution in [1.82, 2.24) is 9.97 Å². The van der Waals surface area contributed by atoms with Crippen LogP contribution in [0.1, 0.15) is 17.2 Å². The van der Waals surface area contributed by atoms with E-state index in [1.165, 1.54) is 5.56 Å². The number of rotatable bonds is 3. The Morgan fingerprint density at radius 3 is 2.87 bits per heavy atom. The van der Waals surface area contributed by atoms with Gasteiger partial charge in [-0.1, -0.05) is 24.3 Å². The third-order valence-corrected chi connectivity index (χ3v) is 4.50. The standard InChI is InChI=1S/C17H20N4O2/c22-14-9-12-3-1-2-4-13(12)17(14)20-15-10-16(19-11-18-15)21-5-7-23-8-6-21/h1-4,10-11,14,17,22H,5-9H2,(H,18,19,20)/t14-,17+/m1/s1. The van der Waals surface area contributed by atoms with E-state index in [-0.39, 0.29) is 6.04 Å². The number of aromatic nitrogens is 2. The van der Waals surface area contributed by atoms with Crippen LogP contribution in [0, 0.1) is 0 Å². The molecule has 23 heavy (non-hydrogen) atoms. The Kier molecular flexibility index (Phi) is 3.85. The van der Waals surface area contributed by atoms with Gasteiger partial charge in [-0.05, 0) is 11.1 Å². The highest BCUT2D eigenvalue weighted by Crippen LogP contribution is 2.33. The fourth-order valence-corrected chi connectivity index (χ4v) is 3.30. The Balaban J connectivity index is 1.55. The molecule has 1 aromatic heterocycles. The van der Waals surface area contributed by atoms with Crippen molar-refractivity contribution in [3.8, 4) is 0 Å². The zero-order valence-corrected chi connectivity index (χ0v) is 12.9. The minimum Gasteiger partial charge on any atom is -0.390 e. The fraction of sp³-hybridized carbons (Fsp3) is 0.412. The van der Waals surface area contributed by atoms with Gasteiger partial charge in [0.15, 0.2) is 0 Å². The lowest BCUT2D eigenvalue weighted by Gasteiger charge is -2.28. The number of anilines is 2. The molecule has 0 saturated carbocycles. The Hall–Kier alpha value is -2.18. The number of hydrogen-bond acceptors (Lipinski definition) is 6. The summed E-state index contributed by atoms with van der Waals surface area (Å²) >= 11 is 0. The number of fused-ring (bicyclic) bond motifs is 1. The highest BCUT2D eigenvalue weighted by Gasteiger charge is 2.31. The van der Waals surface area contributed by atoms with Crippen molar-refractivity contribution in [2.45, 2.75) is 18.6 Å². The van der Waals surface area contributed by atoms with Gasteiger partial charge in [0.2, 0.25) is 0 Å². The molecule has 2 aliphatic rings. The van der Waals surface area contributed by atoms with Crippen LogP contribution in [0.3, 0.4) is 0 Å². The second-order valence-corrected chi connectivity index (χ2v) is 5.95. The Labute approximate surface area is 135 Å². The Morgan fingerprint density at radius 2 is 2.00 bits per heavy atom. The van der Waals surface area contributed by atoms with Crippen LogP contribution in [0.2, 0.25) is 0 Å². The lowest BCUT2D eigenvalue weighted by atomic mass is 10.1. The van der Waals surface area contributed by atoms with Gasteiger partial charge < -0.3 is 20.1 Å². The van der Waals surface area contributed by atoms with Crippen LogP contribution in [0.25, 0.3) is 0 Å². The number of benzene rings is 1. The molecule has 2 aromatic rings. The molecule has 0 radical (unpaired) electrons. The van der Waals surface area contributed by atoms with Crippen LogP contribution in [0.4, 0.5) is 11.6 Å². The van der Waals surface area contributed by atoms with Crippen molar-refractivity contribution in [1.29, 1.82) is 0 Å². The maximum atomic E-state index is 10.4. The fourth-order valence-electron chi connectivity index (χ4n) is 3.30. The number of nitrogens with zero attached hydrogens (tertiary/aromatic N) is 3. The molecule has 2 N–H and O–H groups in total. The number of hydrogen-bond donors (Lipinski definition) is 2. The molecule has 1 aromatic carbocycles. The summed E-state index contributed by atoms with van der Waals surface area (Å²) in [7, 11) is 0. The normalized spacial score (nSPS) is 23.6. The quantitative estimate of drug-likeness (QED) is 0.892. The molecule has 1 aliphatic carbocycles. The predicted molar refractivity (Wildman–Crippen MR) is 87.6 cm³/mol. The zero-order valence-electron chi connectivity index (χ0n) is 12.9. The first-order chi connectivity index (χ1) is 11.3. The van der Waals surface area contributed by atoms with E-state index < -0.39 is 6.10 Å². The van der Waals surface area contributed by atoms with Gasteiger partial charge in [0, 0.05) is 25.6 Å². The summed E-state index contributed by atoms with van der Waals surface area (Å²) in [6.45, 7) is 3.12. The summed E-state index contributed by atoms with van der Waals surface area (Å²) in [5, 5.41) is 13.7. The minimum absolute atomic E-state index is 0.126. The molecule has 6 heteroatoms. The molecule has 2 heterocycles. The third-order valence-electron chi connectivity index (χ3n) is 4.50. The molecule has 1 saturated heterocycles. The monoisotopic (exact) mass is 312 g/mol. The van der Waals surface area contributed by atoms with Crippen molar-refractivity contribution in [3.63, 3.8) is 0 Å². The van der Waals surface area contributed by atoms with E-state index in [0.29, 0.717) is 6.42 Å². The van der Waals surface area contributed by atoms with Crippen molar-refractivity contribution in [2.24, 2.45) is 0 Å². The van der Waals surface area contributed by atoms with Crippen LogP contribution in [0.5, 0.6) is 0 Å². The van der Waals surface area contributed by atoms with Gasteiger partial charge in [-0.2, -0.15) is 0 Å². The SMILES string of the molecule is O[C@@H]1Cc2ccccc2[C@@H]1Nc1cc(N2CCOCC2)ncn1. The molecule has 1 fully saturated rings. The Morgan fingerprint density at radius 1 is 1.17 bits per heavy atom. The second kappa shape index (κ2) is 6.14. The molecular weight excluding hydrogens is 292 g/mol. The van der Waals surface area contributed by atoms with Crippen molar-refractivity contribution < 1.29 is 9.84 Å². The topological polar surface area (TPSA) is 70.5 Å². The average Bonchev–Trinajstić information content (AvgIpc) is 2.92. The van der Waals surface area contributed by atoms with Gasteiger partial charge in [-0.3, -0.25) is 0 Å². The third kappa shape index (κ3) is 2.87. The number of nitrogens with one attached hydrogen (secondary N) is 1. The molecule has 0 spiro atoms. The molecule has 4 rings (SSSR count). The van der Waals surface area contributed by atoms with E-state index in [9.17, 15) is 5.11 Å². The number of ether oxygens (including phenoxy) is 1. The van der Waals surface area contributed by atoms with Gasteiger partial charge in [0.1, 0.15) is 18.0 Å². The average molecular weight is 312 g/mol. The summed E-state index contributed by atoms with van der Waals surface area (Å²) in [6.07, 6.45) is 1.81. The van der Waals surface area contributed by atoms with Crippen molar-refractivity contribution in [3.05, 3.63) is 47.8 Å². The molecule has 120 valence electrons. The highest BCUT2D eigenvalue weighted by atomic mass is 16.5. The molecule has 0 amide bonds. The van der Waals surface area contributed by atoms with Gasteiger partial charge in [0.25, 0.3) is 0 Å². The molecule has 2 atom stereocenters. The van der Waals surface area contributed by atoms with Crippen LogP contribution < -0.4 is 10.2 Å². The van der Waals surface area contributed by atoms with E-state index in [2.05, 4.69) is 32.3 Å². The first-order valence-corrected chi connectivity index (χ1v) is 7.98.